The summed E-state index contributed by atoms with van der Waals surface area (Å²) >= 11 is 0. The van der Waals surface area contributed by atoms with Gasteiger partial charge in [0.15, 0.2) is 0 Å². The second-order valence-electron chi connectivity index (χ2n) is 6.43. The molecule has 0 aromatic heterocycles. The van der Waals surface area contributed by atoms with Crippen molar-refractivity contribution in [1.82, 2.24) is 10.2 Å². The van der Waals surface area contributed by atoms with Gasteiger partial charge in [-0.15, -0.1) is 0 Å². The number of nitrogens with one attached hydrogen (secondary N) is 1. The molecule has 1 aliphatic rings. The molecule has 1 fully saturated rings. The summed E-state index contributed by atoms with van der Waals surface area (Å²) < 4.78 is 0. The second-order valence-corrected chi connectivity index (χ2v) is 6.43. The fraction of sp³-hybridized carbons (Fsp3) is 1.00. The van der Waals surface area contributed by atoms with E-state index in [4.69, 9.17) is 0 Å². The average molecular weight is 254 g/mol. The molecule has 2 heteroatoms. The second kappa shape index (κ2) is 8.16. The number of piperidine rings is 1. The minimum absolute atomic E-state index is 0.676. The normalized spacial score (nSPS) is 22.3. The van der Waals surface area contributed by atoms with Crippen LogP contribution in [-0.4, -0.2) is 37.1 Å². The first-order valence-corrected chi connectivity index (χ1v) is 8.04. The Hall–Kier alpha value is -0.0800. The molecular weight excluding hydrogens is 220 g/mol. The van der Waals surface area contributed by atoms with Crippen molar-refractivity contribution in [3.63, 3.8) is 0 Å². The van der Waals surface area contributed by atoms with Gasteiger partial charge in [0.2, 0.25) is 0 Å². The van der Waals surface area contributed by atoms with Crippen LogP contribution in [0.1, 0.15) is 53.9 Å². The molecule has 1 heterocycles. The minimum Gasteiger partial charge on any atom is -0.313 e. The van der Waals surface area contributed by atoms with Crippen LogP contribution >= 0.6 is 0 Å². The van der Waals surface area contributed by atoms with E-state index in [1.807, 2.05) is 0 Å². The van der Waals surface area contributed by atoms with Gasteiger partial charge in [0.1, 0.15) is 0 Å². The van der Waals surface area contributed by atoms with Crippen LogP contribution in [0.15, 0.2) is 0 Å². The average Bonchev–Trinajstić information content (AvgIpc) is 2.38. The molecule has 18 heavy (non-hydrogen) atoms. The van der Waals surface area contributed by atoms with Crippen LogP contribution in [0.3, 0.4) is 0 Å². The monoisotopic (exact) mass is 254 g/mol. The molecule has 2 atom stereocenters. The highest BCUT2D eigenvalue weighted by molar-refractivity contribution is 4.80. The van der Waals surface area contributed by atoms with Crippen LogP contribution in [-0.2, 0) is 0 Å². The quantitative estimate of drug-likeness (QED) is 0.749. The maximum absolute atomic E-state index is 3.67. The van der Waals surface area contributed by atoms with Crippen LogP contribution in [0.2, 0.25) is 0 Å². The van der Waals surface area contributed by atoms with Crippen molar-refractivity contribution in [2.24, 2.45) is 17.8 Å². The van der Waals surface area contributed by atoms with Crippen LogP contribution in [0, 0.1) is 17.8 Å². The summed E-state index contributed by atoms with van der Waals surface area (Å²) in [5.41, 5.74) is 0. The number of hydrogen-bond donors (Lipinski definition) is 1. The number of nitrogens with zero attached hydrogens (tertiary/aromatic N) is 1. The lowest BCUT2D eigenvalue weighted by Gasteiger charge is -2.37. The molecule has 0 aromatic rings. The van der Waals surface area contributed by atoms with Gasteiger partial charge in [-0.25, -0.2) is 0 Å². The molecule has 0 aromatic carbocycles. The number of rotatable bonds is 7. The van der Waals surface area contributed by atoms with Crippen molar-refractivity contribution in [2.45, 2.75) is 59.9 Å². The first kappa shape index (κ1) is 16.0. The van der Waals surface area contributed by atoms with Gasteiger partial charge in [-0.1, -0.05) is 41.0 Å². The molecule has 1 saturated heterocycles. The van der Waals surface area contributed by atoms with E-state index >= 15 is 0 Å². The van der Waals surface area contributed by atoms with Crippen molar-refractivity contribution in [1.29, 1.82) is 0 Å². The molecule has 2 unspecified atom stereocenters. The van der Waals surface area contributed by atoms with E-state index in [0.717, 1.165) is 24.3 Å². The molecule has 108 valence electrons. The lowest BCUT2D eigenvalue weighted by Crippen LogP contribution is -2.47. The van der Waals surface area contributed by atoms with E-state index in [1.54, 1.807) is 0 Å². The van der Waals surface area contributed by atoms with Gasteiger partial charge >= 0.3 is 0 Å². The largest absolute Gasteiger partial charge is 0.313 e. The Morgan fingerprint density at radius 3 is 2.17 bits per heavy atom. The Morgan fingerprint density at radius 2 is 1.72 bits per heavy atom. The molecule has 0 amide bonds. The SMILES string of the molecule is CCNC(CN1CCC(C(C)C)CC1)C(C)CC. The summed E-state index contributed by atoms with van der Waals surface area (Å²) in [4.78, 5) is 2.68. The Morgan fingerprint density at radius 1 is 1.11 bits per heavy atom. The third-order valence-electron chi connectivity index (χ3n) is 4.83. The predicted molar refractivity (Wildman–Crippen MR) is 80.9 cm³/mol. The lowest BCUT2D eigenvalue weighted by atomic mass is 9.86. The van der Waals surface area contributed by atoms with Gasteiger partial charge in [0.05, 0.1) is 0 Å². The lowest BCUT2D eigenvalue weighted by molar-refractivity contribution is 0.134. The first-order valence-electron chi connectivity index (χ1n) is 8.04. The summed E-state index contributed by atoms with van der Waals surface area (Å²) in [6.45, 7) is 16.6. The van der Waals surface area contributed by atoms with E-state index in [-0.39, 0.29) is 0 Å². The highest BCUT2D eigenvalue weighted by Gasteiger charge is 2.24. The van der Waals surface area contributed by atoms with Gasteiger partial charge in [0.25, 0.3) is 0 Å². The molecule has 0 aliphatic carbocycles. The molecular formula is C16H34N2. The highest BCUT2D eigenvalue weighted by atomic mass is 15.2. The summed E-state index contributed by atoms with van der Waals surface area (Å²) in [5.74, 6) is 2.61. The van der Waals surface area contributed by atoms with Crippen molar-refractivity contribution in [3.05, 3.63) is 0 Å². The standard InChI is InChI=1S/C16H34N2/c1-6-14(5)16(17-7-2)12-18-10-8-15(9-11-18)13(3)4/h13-17H,6-12H2,1-5H3. The molecule has 0 radical (unpaired) electrons. The smallest absolute Gasteiger partial charge is 0.0220 e. The van der Waals surface area contributed by atoms with Gasteiger partial charge in [-0.3, -0.25) is 0 Å². The molecule has 0 spiro atoms. The van der Waals surface area contributed by atoms with Gasteiger partial charge < -0.3 is 10.2 Å². The molecule has 0 saturated carbocycles. The summed E-state index contributed by atoms with van der Waals surface area (Å²) in [7, 11) is 0. The van der Waals surface area contributed by atoms with E-state index < -0.39 is 0 Å². The Kier molecular flexibility index (Phi) is 7.25. The van der Waals surface area contributed by atoms with Crippen LogP contribution in [0.25, 0.3) is 0 Å². The Bertz CT molecular complexity index is 207. The van der Waals surface area contributed by atoms with Gasteiger partial charge in [-0.2, -0.15) is 0 Å². The third-order valence-corrected chi connectivity index (χ3v) is 4.83. The maximum atomic E-state index is 3.67. The number of likely N-dealkylation sites (tertiary alicyclic amines) is 1. The summed E-state index contributed by atoms with van der Waals surface area (Å²) in [6, 6.07) is 0.676. The predicted octanol–water partition coefficient (Wildman–Crippen LogP) is 3.38. The number of likely N-dealkylation sites (N-methyl/N-ethyl adjacent to an activating group) is 1. The molecule has 0 bridgehead atoms. The third kappa shape index (κ3) is 4.89. The van der Waals surface area contributed by atoms with E-state index in [9.17, 15) is 0 Å². The van der Waals surface area contributed by atoms with Crippen molar-refractivity contribution >= 4 is 0 Å². The highest BCUT2D eigenvalue weighted by Crippen LogP contribution is 2.24. The van der Waals surface area contributed by atoms with Crippen molar-refractivity contribution in [2.75, 3.05) is 26.2 Å². The van der Waals surface area contributed by atoms with Crippen LogP contribution < -0.4 is 5.32 Å². The zero-order chi connectivity index (χ0) is 13.5. The van der Waals surface area contributed by atoms with E-state index in [2.05, 4.69) is 44.8 Å². The molecule has 2 nitrogen and oxygen atoms in total. The van der Waals surface area contributed by atoms with E-state index in [0.29, 0.717) is 6.04 Å². The Labute approximate surface area is 115 Å². The topological polar surface area (TPSA) is 15.3 Å². The van der Waals surface area contributed by atoms with Crippen molar-refractivity contribution in [3.8, 4) is 0 Å². The van der Waals surface area contributed by atoms with E-state index in [1.165, 1.54) is 38.9 Å². The maximum Gasteiger partial charge on any atom is 0.0220 e. The molecule has 1 rings (SSSR count). The zero-order valence-corrected chi connectivity index (χ0v) is 13.2. The number of hydrogen-bond acceptors (Lipinski definition) is 2. The minimum atomic E-state index is 0.676. The summed E-state index contributed by atoms with van der Waals surface area (Å²) in [5, 5.41) is 3.67. The van der Waals surface area contributed by atoms with Gasteiger partial charge in [0, 0.05) is 12.6 Å². The molecule has 1 aliphatic heterocycles. The first-order chi connectivity index (χ1) is 8.58. The summed E-state index contributed by atoms with van der Waals surface area (Å²) in [6.07, 6.45) is 4.08. The zero-order valence-electron chi connectivity index (χ0n) is 13.2. The Balaban J connectivity index is 2.37. The fourth-order valence-corrected chi connectivity index (χ4v) is 3.07. The molecule has 1 N–H and O–H groups in total. The fourth-order valence-electron chi connectivity index (χ4n) is 3.07. The van der Waals surface area contributed by atoms with Crippen LogP contribution in [0.4, 0.5) is 0 Å². The van der Waals surface area contributed by atoms with Crippen molar-refractivity contribution < 1.29 is 0 Å². The van der Waals surface area contributed by atoms with Gasteiger partial charge in [-0.05, 0) is 50.2 Å². The van der Waals surface area contributed by atoms with Crippen LogP contribution in [0.5, 0.6) is 0 Å².